The molecule has 0 aromatic heterocycles. The SMILES string of the molecule is CCCC/C=C/CCCCCCCCCCCC(=O)O[C@H](COC(=O)CCCCCCC/C=C/C/C=C/CCCCC)COP(=O)([O-])OCC[N+](C)(C)C. The minimum Gasteiger partial charge on any atom is -0.756 e. The molecule has 316 valence electrons. The molecule has 0 rings (SSSR count). The third kappa shape index (κ3) is 39.9. The number of likely N-dealkylation sites (N-methyl/N-ethyl adjacent to an activating group) is 1. The molecule has 0 radical (unpaired) electrons. The van der Waals surface area contributed by atoms with E-state index in [1.54, 1.807) is 0 Å². The zero-order valence-corrected chi connectivity index (χ0v) is 36.3. The minimum absolute atomic E-state index is 0.0337. The van der Waals surface area contributed by atoms with E-state index in [1.165, 1.54) is 83.5 Å². The number of phosphoric acid groups is 1. The van der Waals surface area contributed by atoms with Crippen LogP contribution in [0.1, 0.15) is 181 Å². The molecular weight excluding hydrogens is 701 g/mol. The van der Waals surface area contributed by atoms with Crippen LogP contribution in [0.15, 0.2) is 36.5 Å². The lowest BCUT2D eigenvalue weighted by Crippen LogP contribution is -2.37. The van der Waals surface area contributed by atoms with Crippen molar-refractivity contribution in [1.82, 2.24) is 0 Å². The summed E-state index contributed by atoms with van der Waals surface area (Å²) in [5.74, 6) is -0.853. The maximum atomic E-state index is 12.7. The lowest BCUT2D eigenvalue weighted by atomic mass is 10.1. The van der Waals surface area contributed by atoms with Gasteiger partial charge in [0.05, 0.1) is 27.7 Å². The molecule has 2 atom stereocenters. The van der Waals surface area contributed by atoms with E-state index in [-0.39, 0.29) is 26.1 Å². The fourth-order valence-electron chi connectivity index (χ4n) is 5.66. The van der Waals surface area contributed by atoms with Crippen LogP contribution in [0, 0.1) is 0 Å². The van der Waals surface area contributed by atoms with Crippen LogP contribution in [0.2, 0.25) is 0 Å². The van der Waals surface area contributed by atoms with E-state index in [0.29, 0.717) is 23.9 Å². The van der Waals surface area contributed by atoms with Crippen molar-refractivity contribution in [2.24, 2.45) is 0 Å². The van der Waals surface area contributed by atoms with E-state index in [2.05, 4.69) is 50.3 Å². The summed E-state index contributed by atoms with van der Waals surface area (Å²) in [6.07, 6.45) is 40.2. The van der Waals surface area contributed by atoms with Crippen LogP contribution in [-0.2, 0) is 32.7 Å². The maximum Gasteiger partial charge on any atom is 0.306 e. The maximum absolute atomic E-state index is 12.7. The predicted molar refractivity (Wildman–Crippen MR) is 222 cm³/mol. The van der Waals surface area contributed by atoms with Crippen LogP contribution in [0.25, 0.3) is 0 Å². The molecule has 54 heavy (non-hydrogen) atoms. The normalized spacial score (nSPS) is 14.0. The van der Waals surface area contributed by atoms with Gasteiger partial charge in [-0.25, -0.2) is 0 Å². The second kappa shape index (κ2) is 36.8. The number of rotatable bonds is 39. The van der Waals surface area contributed by atoms with Crippen molar-refractivity contribution < 1.29 is 42.1 Å². The highest BCUT2D eigenvalue weighted by Gasteiger charge is 2.21. The number of hydrogen-bond donors (Lipinski definition) is 0. The molecule has 0 saturated carbocycles. The number of unbranched alkanes of at least 4 members (excludes halogenated alkanes) is 19. The number of allylic oxidation sites excluding steroid dienone is 6. The number of esters is 2. The third-order valence-corrected chi connectivity index (χ3v) is 10.1. The van der Waals surface area contributed by atoms with Gasteiger partial charge in [0.1, 0.15) is 19.8 Å². The van der Waals surface area contributed by atoms with Gasteiger partial charge in [-0.2, -0.15) is 0 Å². The number of ether oxygens (including phenoxy) is 2. The van der Waals surface area contributed by atoms with Crippen molar-refractivity contribution in [3.8, 4) is 0 Å². The Kier molecular flexibility index (Phi) is 35.6. The molecule has 0 fully saturated rings. The molecular formula is C44H82NO8P. The van der Waals surface area contributed by atoms with Crippen LogP contribution in [-0.4, -0.2) is 70.0 Å². The van der Waals surface area contributed by atoms with Gasteiger partial charge in [-0.1, -0.05) is 140 Å². The first kappa shape index (κ1) is 52.2. The zero-order chi connectivity index (χ0) is 40.0. The molecule has 0 aromatic rings. The molecule has 9 nitrogen and oxygen atoms in total. The molecule has 0 aromatic carbocycles. The van der Waals surface area contributed by atoms with E-state index in [1.807, 2.05) is 21.1 Å². The van der Waals surface area contributed by atoms with Gasteiger partial charge in [0, 0.05) is 12.8 Å². The van der Waals surface area contributed by atoms with E-state index in [0.717, 1.165) is 57.8 Å². The fourth-order valence-corrected chi connectivity index (χ4v) is 6.39. The Morgan fingerprint density at radius 3 is 1.54 bits per heavy atom. The molecule has 0 saturated heterocycles. The number of carbonyl (C=O) groups excluding carboxylic acids is 2. The molecule has 0 aliphatic rings. The molecule has 0 amide bonds. The van der Waals surface area contributed by atoms with Crippen molar-refractivity contribution >= 4 is 19.8 Å². The second-order valence-corrected chi connectivity index (χ2v) is 17.1. The zero-order valence-electron chi connectivity index (χ0n) is 35.4. The first-order valence-corrected chi connectivity index (χ1v) is 23.2. The summed E-state index contributed by atoms with van der Waals surface area (Å²) >= 11 is 0. The molecule has 0 spiro atoms. The number of hydrogen-bond acceptors (Lipinski definition) is 8. The van der Waals surface area contributed by atoms with Gasteiger partial charge in [-0.05, 0) is 64.2 Å². The number of carbonyl (C=O) groups is 2. The molecule has 10 heteroatoms. The fraction of sp³-hybridized carbons (Fsp3) is 0.818. The van der Waals surface area contributed by atoms with Crippen molar-refractivity contribution in [2.75, 3.05) is 47.5 Å². The average molecular weight is 784 g/mol. The Morgan fingerprint density at radius 1 is 0.574 bits per heavy atom. The Labute approximate surface area is 331 Å². The summed E-state index contributed by atoms with van der Waals surface area (Å²) in [5, 5.41) is 0. The van der Waals surface area contributed by atoms with Gasteiger partial charge in [0.2, 0.25) is 0 Å². The predicted octanol–water partition coefficient (Wildman–Crippen LogP) is 11.5. The van der Waals surface area contributed by atoms with Crippen LogP contribution >= 0.6 is 7.82 Å². The Hall–Kier alpha value is -1.77. The van der Waals surface area contributed by atoms with Crippen molar-refractivity contribution in [3.63, 3.8) is 0 Å². The van der Waals surface area contributed by atoms with Gasteiger partial charge >= 0.3 is 11.9 Å². The lowest BCUT2D eigenvalue weighted by molar-refractivity contribution is -0.870. The van der Waals surface area contributed by atoms with E-state index in [9.17, 15) is 19.0 Å². The molecule has 0 aliphatic heterocycles. The summed E-state index contributed by atoms with van der Waals surface area (Å²) < 4.78 is 33.9. The second-order valence-electron chi connectivity index (χ2n) is 15.7. The van der Waals surface area contributed by atoms with Gasteiger partial charge in [-0.3, -0.25) is 14.2 Å². The summed E-state index contributed by atoms with van der Waals surface area (Å²) in [7, 11) is 1.15. The van der Waals surface area contributed by atoms with E-state index < -0.39 is 32.5 Å². The van der Waals surface area contributed by atoms with E-state index in [4.69, 9.17) is 18.5 Å². The minimum atomic E-state index is -4.63. The Bertz CT molecular complexity index is 1020. The Balaban J connectivity index is 4.39. The van der Waals surface area contributed by atoms with Gasteiger partial charge in [0.25, 0.3) is 7.82 Å². The smallest absolute Gasteiger partial charge is 0.306 e. The van der Waals surface area contributed by atoms with Crippen molar-refractivity contribution in [3.05, 3.63) is 36.5 Å². The van der Waals surface area contributed by atoms with Crippen LogP contribution in [0.4, 0.5) is 0 Å². The highest BCUT2D eigenvalue weighted by Crippen LogP contribution is 2.38. The van der Waals surface area contributed by atoms with Gasteiger partial charge in [0.15, 0.2) is 6.10 Å². The van der Waals surface area contributed by atoms with Gasteiger partial charge < -0.3 is 27.9 Å². The average Bonchev–Trinajstić information content (AvgIpc) is 3.12. The highest BCUT2D eigenvalue weighted by atomic mass is 31.2. The van der Waals surface area contributed by atoms with Crippen molar-refractivity contribution in [2.45, 2.75) is 187 Å². The lowest BCUT2D eigenvalue weighted by Gasteiger charge is -2.28. The van der Waals surface area contributed by atoms with Gasteiger partial charge in [-0.15, -0.1) is 0 Å². The number of nitrogens with zero attached hydrogens (tertiary/aromatic N) is 1. The van der Waals surface area contributed by atoms with Crippen LogP contribution < -0.4 is 4.89 Å². The number of phosphoric ester groups is 1. The summed E-state index contributed by atoms with van der Waals surface area (Å²) in [6, 6.07) is 0. The summed E-state index contributed by atoms with van der Waals surface area (Å²) in [6.45, 7) is 4.15. The third-order valence-electron chi connectivity index (χ3n) is 9.13. The molecule has 0 N–H and O–H groups in total. The summed E-state index contributed by atoms with van der Waals surface area (Å²) in [4.78, 5) is 37.5. The molecule has 0 aliphatic carbocycles. The first-order valence-electron chi connectivity index (χ1n) is 21.7. The topological polar surface area (TPSA) is 111 Å². The van der Waals surface area contributed by atoms with Crippen LogP contribution in [0.3, 0.4) is 0 Å². The highest BCUT2D eigenvalue weighted by molar-refractivity contribution is 7.45. The molecule has 1 unspecified atom stereocenters. The van der Waals surface area contributed by atoms with E-state index >= 15 is 0 Å². The first-order chi connectivity index (χ1) is 26.0. The summed E-state index contributed by atoms with van der Waals surface area (Å²) in [5.41, 5.74) is 0. The van der Waals surface area contributed by atoms with Crippen molar-refractivity contribution in [1.29, 1.82) is 0 Å². The molecule has 0 heterocycles. The molecule has 0 bridgehead atoms. The monoisotopic (exact) mass is 784 g/mol. The Morgan fingerprint density at radius 2 is 1.02 bits per heavy atom. The number of quaternary nitrogens is 1. The quantitative estimate of drug-likeness (QED) is 0.0199. The van der Waals surface area contributed by atoms with Crippen LogP contribution in [0.5, 0.6) is 0 Å². The largest absolute Gasteiger partial charge is 0.756 e. The standard InChI is InChI=1S/C44H82NO8P/c1-6-8-10-12-14-16-18-20-22-24-26-28-30-32-34-36-43(46)50-40-42(41-52-54(48,49)51-39-38-45(3,4)5)53-44(47)37-35-33-31-29-27-25-23-21-19-17-15-13-11-9-7-2/h13-16,20,22,42H,6-12,17-19,21,23-41H2,1-5H3/b15-13+,16-14+,22-20+/t42-/m1/s1.